The monoisotopic (exact) mass is 229 g/mol. The molecule has 5 nitrogen and oxygen atoms in total. The molecule has 2 amide bonds. The number of hydrogen-bond donors (Lipinski definition) is 3. The van der Waals surface area contributed by atoms with Crippen LogP contribution in [0.1, 0.15) is 34.6 Å². The van der Waals surface area contributed by atoms with Crippen molar-refractivity contribution in [2.75, 3.05) is 0 Å². The zero-order chi connectivity index (χ0) is 12.9. The van der Waals surface area contributed by atoms with Gasteiger partial charge in [-0.2, -0.15) is 0 Å². The number of nitrogens with two attached hydrogens (primary N) is 1. The normalized spacial score (nSPS) is 14.9. The maximum Gasteiger partial charge on any atom is 0.239 e. The van der Waals surface area contributed by atoms with Gasteiger partial charge in [0.2, 0.25) is 11.8 Å². The number of primary amides is 1. The van der Waals surface area contributed by atoms with Crippen LogP contribution < -0.4 is 16.4 Å². The SMILES string of the molecule is CC(C)N[C@H](C(=O)N[C@@H](C)C(N)=O)C(C)C. The molecule has 0 bridgehead atoms. The molecule has 0 fully saturated rings. The molecule has 0 unspecified atom stereocenters. The minimum absolute atomic E-state index is 0.155. The Bertz CT molecular complexity index is 252. The van der Waals surface area contributed by atoms with Crippen molar-refractivity contribution in [2.45, 2.75) is 52.7 Å². The quantitative estimate of drug-likeness (QED) is 0.599. The van der Waals surface area contributed by atoms with Gasteiger partial charge in [-0.25, -0.2) is 0 Å². The molecule has 0 heterocycles. The second-order valence-electron chi connectivity index (χ2n) is 4.68. The van der Waals surface area contributed by atoms with Gasteiger partial charge in [-0.05, 0) is 12.8 Å². The summed E-state index contributed by atoms with van der Waals surface area (Å²) in [5, 5.41) is 5.75. The predicted molar refractivity (Wildman–Crippen MR) is 63.7 cm³/mol. The van der Waals surface area contributed by atoms with Gasteiger partial charge in [-0.3, -0.25) is 9.59 Å². The average molecular weight is 229 g/mol. The molecule has 94 valence electrons. The van der Waals surface area contributed by atoms with Gasteiger partial charge in [-0.15, -0.1) is 0 Å². The van der Waals surface area contributed by atoms with E-state index < -0.39 is 11.9 Å². The number of nitrogens with one attached hydrogen (secondary N) is 2. The highest BCUT2D eigenvalue weighted by molar-refractivity contribution is 5.88. The average Bonchev–Trinajstić information content (AvgIpc) is 2.12. The maximum atomic E-state index is 11.9. The van der Waals surface area contributed by atoms with Gasteiger partial charge in [0.1, 0.15) is 6.04 Å². The number of amides is 2. The lowest BCUT2D eigenvalue weighted by atomic mass is 10.0. The standard InChI is InChI=1S/C11H23N3O2/c1-6(2)9(13-7(3)4)11(16)14-8(5)10(12)15/h6-9,13H,1-5H3,(H2,12,15)(H,14,16)/t8-,9-/m0/s1. The van der Waals surface area contributed by atoms with E-state index in [0.717, 1.165) is 0 Å². The van der Waals surface area contributed by atoms with Gasteiger partial charge in [0.15, 0.2) is 0 Å². The van der Waals surface area contributed by atoms with E-state index in [2.05, 4.69) is 10.6 Å². The third-order valence-corrected chi connectivity index (χ3v) is 2.25. The zero-order valence-corrected chi connectivity index (χ0v) is 10.7. The summed E-state index contributed by atoms with van der Waals surface area (Å²) in [7, 11) is 0. The lowest BCUT2D eigenvalue weighted by Gasteiger charge is -2.25. The van der Waals surface area contributed by atoms with Crippen molar-refractivity contribution >= 4 is 11.8 Å². The molecule has 0 aliphatic rings. The minimum atomic E-state index is -0.636. The zero-order valence-electron chi connectivity index (χ0n) is 10.7. The topological polar surface area (TPSA) is 84.2 Å². The molecule has 0 spiro atoms. The largest absolute Gasteiger partial charge is 0.368 e. The molecule has 0 aliphatic heterocycles. The van der Waals surface area contributed by atoms with Gasteiger partial charge in [0.05, 0.1) is 6.04 Å². The highest BCUT2D eigenvalue weighted by atomic mass is 16.2. The summed E-state index contributed by atoms with van der Waals surface area (Å²) >= 11 is 0. The van der Waals surface area contributed by atoms with Gasteiger partial charge >= 0.3 is 0 Å². The Labute approximate surface area is 97.2 Å². The first-order chi connectivity index (χ1) is 7.25. The Morgan fingerprint density at radius 3 is 1.88 bits per heavy atom. The fourth-order valence-electron chi connectivity index (χ4n) is 1.30. The van der Waals surface area contributed by atoms with E-state index in [1.165, 1.54) is 0 Å². The van der Waals surface area contributed by atoms with Crippen molar-refractivity contribution in [1.82, 2.24) is 10.6 Å². The van der Waals surface area contributed by atoms with Crippen molar-refractivity contribution < 1.29 is 9.59 Å². The number of carbonyl (C=O) groups is 2. The first kappa shape index (κ1) is 14.9. The molecule has 4 N–H and O–H groups in total. The van der Waals surface area contributed by atoms with Gasteiger partial charge in [0, 0.05) is 6.04 Å². The molecule has 2 atom stereocenters. The van der Waals surface area contributed by atoms with E-state index in [0.29, 0.717) is 0 Å². The molecule has 0 aromatic heterocycles. The molecule has 5 heteroatoms. The first-order valence-electron chi connectivity index (χ1n) is 5.61. The second-order valence-corrected chi connectivity index (χ2v) is 4.68. The molecule has 0 aromatic carbocycles. The number of hydrogen-bond acceptors (Lipinski definition) is 3. The number of rotatable bonds is 6. The van der Waals surface area contributed by atoms with E-state index in [1.807, 2.05) is 27.7 Å². The van der Waals surface area contributed by atoms with Crippen LogP contribution in [-0.2, 0) is 9.59 Å². The highest BCUT2D eigenvalue weighted by Gasteiger charge is 2.24. The molecule has 0 aliphatic carbocycles. The summed E-state index contributed by atoms with van der Waals surface area (Å²) < 4.78 is 0. The molecular weight excluding hydrogens is 206 g/mol. The van der Waals surface area contributed by atoms with Crippen LogP contribution in [0.25, 0.3) is 0 Å². The third kappa shape index (κ3) is 5.11. The minimum Gasteiger partial charge on any atom is -0.368 e. The Morgan fingerprint density at radius 2 is 1.56 bits per heavy atom. The summed E-state index contributed by atoms with van der Waals surface area (Å²) in [6.45, 7) is 9.43. The van der Waals surface area contributed by atoms with E-state index in [-0.39, 0.29) is 23.9 Å². The predicted octanol–water partition coefficient (Wildman–Crippen LogP) is -0.001000. The van der Waals surface area contributed by atoms with E-state index in [4.69, 9.17) is 5.73 Å². The summed E-state index contributed by atoms with van der Waals surface area (Å²) in [6.07, 6.45) is 0. The van der Waals surface area contributed by atoms with Crippen molar-refractivity contribution in [2.24, 2.45) is 11.7 Å². The second kappa shape index (κ2) is 6.48. The smallest absolute Gasteiger partial charge is 0.239 e. The third-order valence-electron chi connectivity index (χ3n) is 2.25. The van der Waals surface area contributed by atoms with Crippen molar-refractivity contribution in [3.05, 3.63) is 0 Å². The van der Waals surface area contributed by atoms with E-state index in [1.54, 1.807) is 6.92 Å². The summed E-state index contributed by atoms with van der Waals surface area (Å²) in [4.78, 5) is 22.7. The van der Waals surface area contributed by atoms with Crippen molar-refractivity contribution in [1.29, 1.82) is 0 Å². The lowest BCUT2D eigenvalue weighted by Crippen LogP contribution is -2.54. The molecule has 0 radical (unpaired) electrons. The first-order valence-corrected chi connectivity index (χ1v) is 5.61. The van der Waals surface area contributed by atoms with Crippen LogP contribution in [0.4, 0.5) is 0 Å². The van der Waals surface area contributed by atoms with Crippen LogP contribution in [-0.4, -0.2) is 29.9 Å². The molecule has 0 aromatic rings. The van der Waals surface area contributed by atoms with Gasteiger partial charge in [-0.1, -0.05) is 27.7 Å². The highest BCUT2D eigenvalue weighted by Crippen LogP contribution is 2.03. The summed E-state index contributed by atoms with van der Waals surface area (Å²) in [6, 6.07) is -0.730. The van der Waals surface area contributed by atoms with Crippen LogP contribution in [0.15, 0.2) is 0 Å². The van der Waals surface area contributed by atoms with Crippen LogP contribution in [0.2, 0.25) is 0 Å². The van der Waals surface area contributed by atoms with Crippen molar-refractivity contribution in [3.8, 4) is 0 Å². The molecule has 0 rings (SSSR count). The van der Waals surface area contributed by atoms with E-state index in [9.17, 15) is 9.59 Å². The molecule has 0 saturated carbocycles. The number of carbonyl (C=O) groups excluding carboxylic acids is 2. The van der Waals surface area contributed by atoms with Crippen LogP contribution in [0.5, 0.6) is 0 Å². The van der Waals surface area contributed by atoms with Crippen LogP contribution in [0.3, 0.4) is 0 Å². The van der Waals surface area contributed by atoms with Gasteiger partial charge in [0.25, 0.3) is 0 Å². The van der Waals surface area contributed by atoms with Crippen molar-refractivity contribution in [3.63, 3.8) is 0 Å². The molecular formula is C11H23N3O2. The Kier molecular flexibility index (Phi) is 6.03. The Balaban J connectivity index is 4.44. The molecule has 0 saturated heterocycles. The Hall–Kier alpha value is -1.10. The summed E-state index contributed by atoms with van der Waals surface area (Å²) in [5.41, 5.74) is 5.09. The maximum absolute atomic E-state index is 11.9. The van der Waals surface area contributed by atoms with Crippen LogP contribution in [0, 0.1) is 5.92 Å². The van der Waals surface area contributed by atoms with Crippen LogP contribution >= 0.6 is 0 Å². The van der Waals surface area contributed by atoms with E-state index >= 15 is 0 Å². The Morgan fingerprint density at radius 1 is 1.06 bits per heavy atom. The molecule has 16 heavy (non-hydrogen) atoms. The summed E-state index contributed by atoms with van der Waals surface area (Å²) in [5.74, 6) is -0.558. The van der Waals surface area contributed by atoms with Gasteiger partial charge < -0.3 is 16.4 Å². The fraction of sp³-hybridized carbons (Fsp3) is 0.818. The fourth-order valence-corrected chi connectivity index (χ4v) is 1.30. The lowest BCUT2D eigenvalue weighted by molar-refractivity contribution is -0.129.